The van der Waals surface area contributed by atoms with Crippen molar-refractivity contribution in [3.05, 3.63) is 306 Å². The maximum Gasteiger partial charge on any atom is 0.0503 e. The van der Waals surface area contributed by atoms with Gasteiger partial charge >= 0.3 is 0 Å². The summed E-state index contributed by atoms with van der Waals surface area (Å²) in [6.45, 7) is 14.3. The van der Waals surface area contributed by atoms with E-state index in [1.165, 1.54) is 99.1 Å². The fraction of sp³-hybridized carbons (Fsp3) is 0.111. The predicted molar refractivity (Wildman–Crippen MR) is 356 cm³/mol. The number of hydrogen-bond acceptors (Lipinski definition) is 3. The molecule has 13 aromatic carbocycles. The van der Waals surface area contributed by atoms with Crippen molar-refractivity contribution in [2.75, 3.05) is 14.7 Å². The zero-order valence-electron chi connectivity index (χ0n) is 48.3. The molecule has 0 fully saturated rings. The molecule has 0 heterocycles. The molecule has 0 spiro atoms. The van der Waals surface area contributed by atoms with E-state index in [1.54, 1.807) is 0 Å². The number of rotatable bonds is 9. The summed E-state index contributed by atoms with van der Waals surface area (Å²) >= 11 is 0. The molecule has 16 rings (SSSR count). The Morgan fingerprint density at radius 1 is 0.202 bits per heavy atom. The number of nitrogens with zero attached hydrogens (tertiary/aromatic N) is 3. The minimum Gasteiger partial charge on any atom is -0.310 e. The SMILES string of the molecule is CC1(C)c2ccccc2-c2ccc3cc(N(c4ccccc4)c4cc(N(c5ccccc5)c5ccc6c7c(ccc6c5)-c5ccccc5C7(C)C)cc(N(c5ccccc5)c5ccc6c7c(ccc6c5)-c5ccccc5C7(C)C)c4)ccc3c21. The highest BCUT2D eigenvalue weighted by atomic mass is 15.2. The van der Waals surface area contributed by atoms with Crippen molar-refractivity contribution < 1.29 is 0 Å². The Bertz CT molecular complexity index is 4320. The molecular weight excluding hydrogens is 1010 g/mol. The van der Waals surface area contributed by atoms with E-state index in [1.807, 2.05) is 0 Å². The molecule has 84 heavy (non-hydrogen) atoms. The lowest BCUT2D eigenvalue weighted by atomic mass is 9.80. The van der Waals surface area contributed by atoms with E-state index >= 15 is 0 Å². The first-order valence-electron chi connectivity index (χ1n) is 29.7. The maximum atomic E-state index is 2.46. The summed E-state index contributed by atoms with van der Waals surface area (Å²) in [5, 5.41) is 7.49. The molecule has 3 aliphatic carbocycles. The van der Waals surface area contributed by atoms with Crippen LogP contribution in [0.3, 0.4) is 0 Å². The van der Waals surface area contributed by atoms with Gasteiger partial charge in [-0.25, -0.2) is 0 Å². The first-order valence-corrected chi connectivity index (χ1v) is 29.7. The molecule has 0 radical (unpaired) electrons. The Morgan fingerprint density at radius 3 is 0.750 bits per heavy atom. The van der Waals surface area contributed by atoms with E-state index < -0.39 is 0 Å². The van der Waals surface area contributed by atoms with Crippen molar-refractivity contribution in [1.29, 1.82) is 0 Å². The monoisotopic (exact) mass is 1080 g/mol. The van der Waals surface area contributed by atoms with Gasteiger partial charge in [0.2, 0.25) is 0 Å². The summed E-state index contributed by atoms with van der Waals surface area (Å²) in [6, 6.07) is 102. The Morgan fingerprint density at radius 2 is 0.464 bits per heavy atom. The maximum absolute atomic E-state index is 2.46. The summed E-state index contributed by atoms with van der Waals surface area (Å²) in [7, 11) is 0. The van der Waals surface area contributed by atoms with Gasteiger partial charge in [-0.05, 0) is 190 Å². The van der Waals surface area contributed by atoms with Gasteiger partial charge < -0.3 is 14.7 Å². The van der Waals surface area contributed by atoms with E-state index in [-0.39, 0.29) is 16.2 Å². The van der Waals surface area contributed by atoms with Crippen LogP contribution in [-0.2, 0) is 16.2 Å². The third kappa shape index (κ3) is 7.44. The third-order valence-corrected chi connectivity index (χ3v) is 19.0. The van der Waals surface area contributed by atoms with Crippen LogP contribution in [0.2, 0.25) is 0 Å². The minimum atomic E-state index is -0.148. The van der Waals surface area contributed by atoms with Crippen LogP contribution < -0.4 is 14.7 Å². The van der Waals surface area contributed by atoms with Crippen LogP contribution in [0.15, 0.2) is 273 Å². The van der Waals surface area contributed by atoms with Gasteiger partial charge in [0.1, 0.15) is 0 Å². The molecule has 3 heteroatoms. The van der Waals surface area contributed by atoms with Crippen LogP contribution in [-0.4, -0.2) is 0 Å². The number of fused-ring (bicyclic) bond motifs is 15. The van der Waals surface area contributed by atoms with Crippen LogP contribution in [0.1, 0.15) is 74.9 Å². The lowest BCUT2D eigenvalue weighted by Crippen LogP contribution is -2.17. The summed E-state index contributed by atoms with van der Waals surface area (Å²) in [4.78, 5) is 7.37. The van der Waals surface area contributed by atoms with E-state index in [0.717, 1.165) is 51.2 Å². The molecular formula is C81H63N3. The Hall–Kier alpha value is -9.96. The number of anilines is 9. The molecule has 0 amide bonds. The van der Waals surface area contributed by atoms with Gasteiger partial charge in [-0.1, -0.05) is 224 Å². The van der Waals surface area contributed by atoms with Crippen molar-refractivity contribution in [3.63, 3.8) is 0 Å². The van der Waals surface area contributed by atoms with E-state index in [0.29, 0.717) is 0 Å². The van der Waals surface area contributed by atoms with Crippen LogP contribution in [0.4, 0.5) is 51.2 Å². The Kier molecular flexibility index (Phi) is 11.0. The molecule has 0 aliphatic heterocycles. The lowest BCUT2D eigenvalue weighted by molar-refractivity contribution is 0.666. The van der Waals surface area contributed by atoms with Crippen molar-refractivity contribution in [2.45, 2.75) is 57.8 Å². The fourth-order valence-corrected chi connectivity index (χ4v) is 15.3. The van der Waals surface area contributed by atoms with E-state index in [2.05, 4.69) is 329 Å². The normalized spacial score (nSPS) is 14.4. The minimum absolute atomic E-state index is 0.148. The molecule has 13 aromatic rings. The Balaban J connectivity index is 0.932. The topological polar surface area (TPSA) is 9.72 Å². The van der Waals surface area contributed by atoms with Gasteiger partial charge in [0, 0.05) is 50.4 Å². The molecule has 3 aliphatic rings. The van der Waals surface area contributed by atoms with Gasteiger partial charge in [-0.3, -0.25) is 0 Å². The van der Waals surface area contributed by atoms with Crippen molar-refractivity contribution in [2.24, 2.45) is 0 Å². The quantitative estimate of drug-likeness (QED) is 0.143. The molecule has 0 saturated carbocycles. The molecule has 3 nitrogen and oxygen atoms in total. The lowest BCUT2D eigenvalue weighted by Gasteiger charge is -2.33. The highest BCUT2D eigenvalue weighted by Crippen LogP contribution is 2.56. The van der Waals surface area contributed by atoms with Crippen LogP contribution >= 0.6 is 0 Å². The molecule has 0 saturated heterocycles. The molecule has 0 atom stereocenters. The largest absolute Gasteiger partial charge is 0.310 e. The van der Waals surface area contributed by atoms with Gasteiger partial charge in [0.15, 0.2) is 0 Å². The molecule has 402 valence electrons. The van der Waals surface area contributed by atoms with Crippen LogP contribution in [0.5, 0.6) is 0 Å². The number of hydrogen-bond donors (Lipinski definition) is 0. The van der Waals surface area contributed by atoms with Crippen molar-refractivity contribution in [1.82, 2.24) is 0 Å². The van der Waals surface area contributed by atoms with Crippen molar-refractivity contribution in [3.8, 4) is 33.4 Å². The van der Waals surface area contributed by atoms with Gasteiger partial charge in [0.05, 0.1) is 17.1 Å². The third-order valence-electron chi connectivity index (χ3n) is 19.0. The molecule has 0 N–H and O–H groups in total. The zero-order valence-corrected chi connectivity index (χ0v) is 48.3. The Labute approximate surface area is 493 Å². The molecule has 0 aromatic heterocycles. The second kappa shape index (κ2) is 18.5. The zero-order chi connectivity index (χ0) is 56.6. The standard InChI is InChI=1S/C81H63N3/c1-79(2)73-31-19-16-28-67(73)70-40-34-52-46-58(37-43-64(52)76(70)79)82(55-22-10-7-11-23-55)61-49-62(83(56-24-12-8-13-25-56)59-38-44-65-53(47-59)35-41-71-68-29-17-20-32-74(68)80(3,4)77(65)71)51-63(50-61)84(57-26-14-9-15-27-57)60-39-45-66-54(48-60)36-42-72-69-30-18-21-33-75(69)81(5,6)78(66)72/h7-51H,1-6H3. The molecule has 0 unspecified atom stereocenters. The summed E-state index contributed by atoms with van der Waals surface area (Å²) in [5.74, 6) is 0. The van der Waals surface area contributed by atoms with Crippen LogP contribution in [0, 0.1) is 0 Å². The average Bonchev–Trinajstić information content (AvgIpc) is 1.75. The van der Waals surface area contributed by atoms with Gasteiger partial charge in [-0.15, -0.1) is 0 Å². The first kappa shape index (κ1) is 49.8. The average molecular weight is 1080 g/mol. The predicted octanol–water partition coefficient (Wildman–Crippen LogP) is 22.5. The summed E-state index contributed by atoms with van der Waals surface area (Å²) in [6.07, 6.45) is 0. The highest BCUT2D eigenvalue weighted by molar-refractivity contribution is 6.04. The van der Waals surface area contributed by atoms with E-state index in [4.69, 9.17) is 0 Å². The van der Waals surface area contributed by atoms with Gasteiger partial charge in [0.25, 0.3) is 0 Å². The summed E-state index contributed by atoms with van der Waals surface area (Å²) < 4.78 is 0. The number of benzene rings is 13. The van der Waals surface area contributed by atoms with Crippen LogP contribution in [0.25, 0.3) is 65.7 Å². The summed E-state index contributed by atoms with van der Waals surface area (Å²) in [5.41, 5.74) is 25.4. The second-order valence-corrected chi connectivity index (χ2v) is 24.9. The first-order chi connectivity index (χ1) is 40.9. The second-order valence-electron chi connectivity index (χ2n) is 24.9. The van der Waals surface area contributed by atoms with Gasteiger partial charge in [-0.2, -0.15) is 0 Å². The molecule has 0 bridgehead atoms. The fourth-order valence-electron chi connectivity index (χ4n) is 15.3. The number of para-hydroxylation sites is 3. The van der Waals surface area contributed by atoms with Crippen molar-refractivity contribution >= 4 is 83.5 Å². The smallest absolute Gasteiger partial charge is 0.0503 e. The highest BCUT2D eigenvalue weighted by Gasteiger charge is 2.39. The van der Waals surface area contributed by atoms with E-state index in [9.17, 15) is 0 Å².